The van der Waals surface area contributed by atoms with Gasteiger partial charge in [-0.1, -0.05) is 6.07 Å². The predicted octanol–water partition coefficient (Wildman–Crippen LogP) is 2.18. The van der Waals surface area contributed by atoms with Crippen molar-refractivity contribution in [3.05, 3.63) is 59.9 Å². The SMILES string of the molecule is CCn1cc(CN(C)Cc2ccc(OC)c(Cn3cncn3)c2)cn1. The third kappa shape index (κ3) is 4.45. The van der Waals surface area contributed by atoms with Gasteiger partial charge in [0.2, 0.25) is 0 Å². The summed E-state index contributed by atoms with van der Waals surface area (Å²) < 4.78 is 9.23. The van der Waals surface area contributed by atoms with Crippen LogP contribution in [-0.2, 0) is 26.2 Å². The molecule has 3 aromatic rings. The van der Waals surface area contributed by atoms with Gasteiger partial charge in [0.1, 0.15) is 18.4 Å². The quantitative estimate of drug-likeness (QED) is 0.629. The van der Waals surface area contributed by atoms with Crippen molar-refractivity contribution in [2.24, 2.45) is 0 Å². The van der Waals surface area contributed by atoms with Crippen LogP contribution in [0.4, 0.5) is 0 Å². The Balaban J connectivity index is 1.68. The van der Waals surface area contributed by atoms with E-state index >= 15 is 0 Å². The molecule has 0 fully saturated rings. The zero-order valence-corrected chi connectivity index (χ0v) is 15.0. The largest absolute Gasteiger partial charge is 0.496 e. The highest BCUT2D eigenvalue weighted by atomic mass is 16.5. The number of methoxy groups -OCH3 is 1. The third-order valence-electron chi connectivity index (χ3n) is 4.06. The molecule has 132 valence electrons. The number of ether oxygens (including phenoxy) is 1. The van der Waals surface area contributed by atoms with E-state index < -0.39 is 0 Å². The molecule has 0 bridgehead atoms. The highest BCUT2D eigenvalue weighted by molar-refractivity contribution is 5.37. The fourth-order valence-corrected chi connectivity index (χ4v) is 2.88. The third-order valence-corrected chi connectivity index (χ3v) is 4.06. The molecule has 0 saturated heterocycles. The molecule has 0 aliphatic heterocycles. The summed E-state index contributed by atoms with van der Waals surface area (Å²) in [4.78, 5) is 6.27. The van der Waals surface area contributed by atoms with Crippen molar-refractivity contribution < 1.29 is 4.74 Å². The van der Waals surface area contributed by atoms with Crippen LogP contribution in [0.1, 0.15) is 23.6 Å². The van der Waals surface area contributed by atoms with E-state index in [0.29, 0.717) is 6.54 Å². The van der Waals surface area contributed by atoms with E-state index in [0.717, 1.165) is 30.9 Å². The van der Waals surface area contributed by atoms with Crippen molar-refractivity contribution in [1.82, 2.24) is 29.4 Å². The predicted molar refractivity (Wildman–Crippen MR) is 95.2 cm³/mol. The van der Waals surface area contributed by atoms with Crippen LogP contribution in [0.15, 0.2) is 43.2 Å². The Morgan fingerprint density at radius 3 is 2.64 bits per heavy atom. The van der Waals surface area contributed by atoms with E-state index in [4.69, 9.17) is 4.74 Å². The van der Waals surface area contributed by atoms with Gasteiger partial charge < -0.3 is 4.74 Å². The Bertz CT molecular complexity index is 796. The minimum Gasteiger partial charge on any atom is -0.496 e. The van der Waals surface area contributed by atoms with Gasteiger partial charge in [0, 0.05) is 37.0 Å². The molecule has 1 aromatic carbocycles. The van der Waals surface area contributed by atoms with Crippen LogP contribution in [0.5, 0.6) is 5.75 Å². The second kappa shape index (κ2) is 7.94. The maximum Gasteiger partial charge on any atom is 0.137 e. The lowest BCUT2D eigenvalue weighted by Gasteiger charge is -2.17. The first-order chi connectivity index (χ1) is 12.2. The van der Waals surface area contributed by atoms with Crippen LogP contribution in [-0.4, -0.2) is 43.6 Å². The van der Waals surface area contributed by atoms with Gasteiger partial charge in [-0.15, -0.1) is 0 Å². The maximum atomic E-state index is 5.48. The van der Waals surface area contributed by atoms with Crippen LogP contribution in [0.25, 0.3) is 0 Å². The van der Waals surface area contributed by atoms with E-state index in [1.165, 1.54) is 11.1 Å². The monoisotopic (exact) mass is 340 g/mol. The average molecular weight is 340 g/mol. The Hall–Kier alpha value is -2.67. The number of hydrogen-bond donors (Lipinski definition) is 0. The molecule has 0 aliphatic carbocycles. The van der Waals surface area contributed by atoms with Gasteiger partial charge in [-0.2, -0.15) is 10.2 Å². The summed E-state index contributed by atoms with van der Waals surface area (Å²) >= 11 is 0. The molecule has 0 atom stereocenters. The summed E-state index contributed by atoms with van der Waals surface area (Å²) in [5.74, 6) is 0.867. The summed E-state index contributed by atoms with van der Waals surface area (Å²) in [6, 6.07) is 6.30. The summed E-state index contributed by atoms with van der Waals surface area (Å²) in [6.07, 6.45) is 7.29. The normalized spacial score (nSPS) is 11.2. The zero-order chi connectivity index (χ0) is 17.6. The second-order valence-electron chi connectivity index (χ2n) is 6.12. The number of aromatic nitrogens is 5. The number of benzene rings is 1. The molecular weight excluding hydrogens is 316 g/mol. The van der Waals surface area contributed by atoms with Crippen molar-refractivity contribution in [2.45, 2.75) is 33.1 Å². The molecule has 0 spiro atoms. The molecule has 0 N–H and O–H groups in total. The maximum absolute atomic E-state index is 5.48. The molecule has 0 aliphatic rings. The number of aryl methyl sites for hydroxylation is 1. The first-order valence-corrected chi connectivity index (χ1v) is 8.36. The Morgan fingerprint density at radius 2 is 1.96 bits per heavy atom. The lowest BCUT2D eigenvalue weighted by Crippen LogP contribution is -2.17. The van der Waals surface area contributed by atoms with Crippen LogP contribution in [0.3, 0.4) is 0 Å². The van der Waals surface area contributed by atoms with Gasteiger partial charge in [0.15, 0.2) is 0 Å². The van der Waals surface area contributed by atoms with E-state index in [1.54, 1.807) is 24.4 Å². The van der Waals surface area contributed by atoms with Crippen LogP contribution < -0.4 is 4.74 Å². The molecule has 25 heavy (non-hydrogen) atoms. The van der Waals surface area contributed by atoms with Crippen molar-refractivity contribution in [1.29, 1.82) is 0 Å². The molecule has 7 heteroatoms. The van der Waals surface area contributed by atoms with E-state index in [2.05, 4.69) is 52.4 Å². The number of hydrogen-bond acceptors (Lipinski definition) is 5. The van der Waals surface area contributed by atoms with E-state index in [9.17, 15) is 0 Å². The molecule has 0 saturated carbocycles. The smallest absolute Gasteiger partial charge is 0.137 e. The molecule has 2 heterocycles. The molecule has 0 amide bonds. The van der Waals surface area contributed by atoms with Gasteiger partial charge in [-0.3, -0.25) is 9.58 Å². The Morgan fingerprint density at radius 1 is 1.12 bits per heavy atom. The topological polar surface area (TPSA) is 61.0 Å². The van der Waals surface area contributed by atoms with E-state index in [1.807, 2.05) is 16.9 Å². The summed E-state index contributed by atoms with van der Waals surface area (Å²) in [6.45, 7) is 5.35. The van der Waals surface area contributed by atoms with Crippen molar-refractivity contribution >= 4 is 0 Å². The van der Waals surface area contributed by atoms with Gasteiger partial charge in [0.05, 0.1) is 19.9 Å². The van der Waals surface area contributed by atoms with Gasteiger partial charge in [0.25, 0.3) is 0 Å². The van der Waals surface area contributed by atoms with Crippen molar-refractivity contribution in [2.75, 3.05) is 14.2 Å². The summed E-state index contributed by atoms with van der Waals surface area (Å²) in [5.41, 5.74) is 3.56. The molecule has 3 rings (SSSR count). The molecule has 7 nitrogen and oxygen atoms in total. The summed E-state index contributed by atoms with van der Waals surface area (Å²) in [7, 11) is 3.81. The fourth-order valence-electron chi connectivity index (χ4n) is 2.88. The highest BCUT2D eigenvalue weighted by Gasteiger charge is 2.09. The van der Waals surface area contributed by atoms with Crippen LogP contribution >= 0.6 is 0 Å². The zero-order valence-electron chi connectivity index (χ0n) is 15.0. The van der Waals surface area contributed by atoms with Crippen molar-refractivity contribution in [3.63, 3.8) is 0 Å². The van der Waals surface area contributed by atoms with Crippen LogP contribution in [0, 0.1) is 0 Å². The van der Waals surface area contributed by atoms with Gasteiger partial charge in [-0.25, -0.2) is 9.67 Å². The lowest BCUT2D eigenvalue weighted by atomic mass is 10.1. The van der Waals surface area contributed by atoms with Gasteiger partial charge in [-0.05, 0) is 31.7 Å². The fraction of sp³-hybridized carbons (Fsp3) is 0.389. The van der Waals surface area contributed by atoms with Crippen LogP contribution in [0.2, 0.25) is 0 Å². The van der Waals surface area contributed by atoms with Gasteiger partial charge >= 0.3 is 0 Å². The lowest BCUT2D eigenvalue weighted by molar-refractivity contribution is 0.318. The first-order valence-electron chi connectivity index (χ1n) is 8.36. The summed E-state index contributed by atoms with van der Waals surface area (Å²) in [5, 5.41) is 8.51. The Labute approximate surface area is 147 Å². The van der Waals surface area contributed by atoms with Crippen molar-refractivity contribution in [3.8, 4) is 5.75 Å². The molecule has 0 unspecified atom stereocenters. The minimum atomic E-state index is 0.643. The average Bonchev–Trinajstić information content (AvgIpc) is 3.27. The van der Waals surface area contributed by atoms with E-state index in [-0.39, 0.29) is 0 Å². The standard InChI is InChI=1S/C18H24N6O/c1-4-23-11-16(8-20-23)10-22(2)9-15-5-6-18(25-3)17(7-15)12-24-14-19-13-21-24/h5-8,11,13-14H,4,9-10,12H2,1-3H3. The minimum absolute atomic E-state index is 0.643. The highest BCUT2D eigenvalue weighted by Crippen LogP contribution is 2.21. The Kier molecular flexibility index (Phi) is 5.45. The first kappa shape index (κ1) is 17.2. The molecule has 0 radical (unpaired) electrons. The number of rotatable bonds is 8. The molecule has 2 aromatic heterocycles. The number of nitrogens with zero attached hydrogens (tertiary/aromatic N) is 6. The molecular formula is C18H24N6O. The second-order valence-corrected chi connectivity index (χ2v) is 6.12.